The lowest BCUT2D eigenvalue weighted by Gasteiger charge is -2.33. The molecule has 104 valence electrons. The molecule has 2 heterocycles. The lowest BCUT2D eigenvalue weighted by Crippen LogP contribution is -2.50. The summed E-state index contributed by atoms with van der Waals surface area (Å²) in [6, 6.07) is -0.0509. The van der Waals surface area contributed by atoms with Crippen molar-refractivity contribution in [2.45, 2.75) is 37.8 Å². The molecule has 7 heteroatoms. The van der Waals surface area contributed by atoms with Crippen LogP contribution < -0.4 is 10.0 Å². The maximum Gasteiger partial charge on any atom is 0.239 e. The van der Waals surface area contributed by atoms with Crippen molar-refractivity contribution >= 4 is 15.9 Å². The third-order valence-corrected chi connectivity index (χ3v) is 4.31. The average Bonchev–Trinajstić information content (AvgIpc) is 2.80. The predicted octanol–water partition coefficient (Wildman–Crippen LogP) is -0.721. The largest absolute Gasteiger partial charge is 0.341 e. The predicted molar refractivity (Wildman–Crippen MR) is 68.6 cm³/mol. The number of rotatable bonds is 3. The second-order valence-electron chi connectivity index (χ2n) is 5.14. The smallest absolute Gasteiger partial charge is 0.239 e. The topological polar surface area (TPSA) is 78.5 Å². The zero-order valence-electron chi connectivity index (χ0n) is 10.7. The highest BCUT2D eigenvalue weighted by Crippen LogP contribution is 2.15. The molecular formula is C11H21N3O3S. The van der Waals surface area contributed by atoms with Gasteiger partial charge in [-0.3, -0.25) is 4.79 Å². The van der Waals surface area contributed by atoms with E-state index in [2.05, 4.69) is 10.0 Å². The molecule has 0 bridgehead atoms. The van der Waals surface area contributed by atoms with Crippen molar-refractivity contribution < 1.29 is 13.2 Å². The molecule has 2 aliphatic rings. The van der Waals surface area contributed by atoms with Crippen molar-refractivity contribution in [1.29, 1.82) is 0 Å². The zero-order chi connectivity index (χ0) is 13.2. The molecule has 0 spiro atoms. The Kier molecular flexibility index (Phi) is 4.24. The van der Waals surface area contributed by atoms with Gasteiger partial charge in [-0.2, -0.15) is 0 Å². The molecule has 0 unspecified atom stereocenters. The van der Waals surface area contributed by atoms with Crippen LogP contribution >= 0.6 is 0 Å². The molecule has 0 aliphatic carbocycles. The van der Waals surface area contributed by atoms with Gasteiger partial charge in [-0.25, -0.2) is 13.1 Å². The van der Waals surface area contributed by atoms with Gasteiger partial charge in [0.15, 0.2) is 0 Å². The van der Waals surface area contributed by atoms with E-state index in [0.29, 0.717) is 25.9 Å². The fourth-order valence-electron chi connectivity index (χ4n) is 2.64. The summed E-state index contributed by atoms with van der Waals surface area (Å²) in [5.41, 5.74) is 0. The number of hydrogen-bond donors (Lipinski definition) is 2. The molecule has 2 aliphatic heterocycles. The van der Waals surface area contributed by atoms with Crippen molar-refractivity contribution in [3.8, 4) is 0 Å². The van der Waals surface area contributed by atoms with Crippen molar-refractivity contribution in [3.05, 3.63) is 0 Å². The summed E-state index contributed by atoms with van der Waals surface area (Å²) >= 11 is 0. The second-order valence-corrected chi connectivity index (χ2v) is 6.92. The minimum Gasteiger partial charge on any atom is -0.341 e. The summed E-state index contributed by atoms with van der Waals surface area (Å²) in [5.74, 6) is 0.172. The first-order valence-electron chi connectivity index (χ1n) is 6.45. The lowest BCUT2D eigenvalue weighted by molar-refractivity contribution is -0.134. The summed E-state index contributed by atoms with van der Waals surface area (Å²) < 4.78 is 24.9. The van der Waals surface area contributed by atoms with E-state index >= 15 is 0 Å². The molecule has 2 fully saturated rings. The van der Waals surface area contributed by atoms with Crippen LogP contribution in [0.5, 0.6) is 0 Å². The molecule has 1 atom stereocenters. The number of carbonyl (C=O) groups excluding carboxylic acids is 1. The van der Waals surface area contributed by atoms with Crippen LogP contribution in [-0.4, -0.2) is 57.2 Å². The minimum atomic E-state index is -3.14. The number of hydrogen-bond acceptors (Lipinski definition) is 4. The first kappa shape index (κ1) is 13.8. The Morgan fingerprint density at radius 2 is 1.94 bits per heavy atom. The van der Waals surface area contributed by atoms with Crippen molar-refractivity contribution in [3.63, 3.8) is 0 Å². The van der Waals surface area contributed by atoms with E-state index in [9.17, 15) is 13.2 Å². The fourth-order valence-corrected chi connectivity index (χ4v) is 3.48. The van der Waals surface area contributed by atoms with Crippen LogP contribution in [0.2, 0.25) is 0 Å². The molecule has 2 saturated heterocycles. The molecule has 18 heavy (non-hydrogen) atoms. The SMILES string of the molecule is CS(=O)(=O)NC1CCN(C(=O)[C@@H]2CCCN2)CC1. The number of sulfonamides is 1. The Hall–Kier alpha value is -0.660. The molecule has 2 rings (SSSR count). The monoisotopic (exact) mass is 275 g/mol. The second kappa shape index (κ2) is 5.54. The van der Waals surface area contributed by atoms with Crippen LogP contribution in [0.1, 0.15) is 25.7 Å². The Morgan fingerprint density at radius 1 is 1.28 bits per heavy atom. The molecule has 2 N–H and O–H groups in total. The van der Waals surface area contributed by atoms with Crippen LogP contribution in [0, 0.1) is 0 Å². The number of amides is 1. The Morgan fingerprint density at radius 3 is 2.44 bits per heavy atom. The summed E-state index contributed by atoms with van der Waals surface area (Å²) in [4.78, 5) is 14.0. The van der Waals surface area contributed by atoms with E-state index < -0.39 is 10.0 Å². The number of likely N-dealkylation sites (tertiary alicyclic amines) is 1. The molecule has 0 saturated carbocycles. The first-order valence-corrected chi connectivity index (χ1v) is 8.34. The molecule has 1 amide bonds. The highest BCUT2D eigenvalue weighted by atomic mass is 32.2. The number of carbonyl (C=O) groups is 1. The average molecular weight is 275 g/mol. The number of nitrogens with zero attached hydrogens (tertiary/aromatic N) is 1. The Labute approximate surface area is 108 Å². The van der Waals surface area contributed by atoms with E-state index in [4.69, 9.17) is 0 Å². The minimum absolute atomic E-state index is 0.0237. The van der Waals surface area contributed by atoms with Crippen LogP contribution in [0.15, 0.2) is 0 Å². The molecular weight excluding hydrogens is 254 g/mol. The highest BCUT2D eigenvalue weighted by molar-refractivity contribution is 7.88. The summed E-state index contributed by atoms with van der Waals surface area (Å²) in [5, 5.41) is 3.20. The molecule has 0 aromatic heterocycles. The number of nitrogens with one attached hydrogen (secondary N) is 2. The van der Waals surface area contributed by atoms with Gasteiger partial charge in [0.05, 0.1) is 12.3 Å². The van der Waals surface area contributed by atoms with Gasteiger partial charge in [0.2, 0.25) is 15.9 Å². The Balaban J connectivity index is 1.81. The number of piperidine rings is 1. The van der Waals surface area contributed by atoms with E-state index in [1.807, 2.05) is 4.90 Å². The first-order chi connectivity index (χ1) is 8.46. The van der Waals surface area contributed by atoms with Gasteiger partial charge in [0.25, 0.3) is 0 Å². The van der Waals surface area contributed by atoms with Gasteiger partial charge >= 0.3 is 0 Å². The van der Waals surface area contributed by atoms with Crippen molar-refractivity contribution in [1.82, 2.24) is 14.9 Å². The van der Waals surface area contributed by atoms with Gasteiger partial charge in [-0.1, -0.05) is 0 Å². The van der Waals surface area contributed by atoms with E-state index in [-0.39, 0.29) is 18.0 Å². The van der Waals surface area contributed by atoms with E-state index in [0.717, 1.165) is 19.4 Å². The normalized spacial score (nSPS) is 26.5. The zero-order valence-corrected chi connectivity index (χ0v) is 11.5. The van der Waals surface area contributed by atoms with Crippen LogP contribution in [0.25, 0.3) is 0 Å². The third-order valence-electron chi connectivity index (χ3n) is 3.55. The third kappa shape index (κ3) is 3.66. The summed E-state index contributed by atoms with van der Waals surface area (Å²) in [6.45, 7) is 2.21. The Bertz CT molecular complexity index is 396. The van der Waals surface area contributed by atoms with Crippen LogP contribution in [-0.2, 0) is 14.8 Å². The van der Waals surface area contributed by atoms with Crippen molar-refractivity contribution in [2.75, 3.05) is 25.9 Å². The standard InChI is InChI=1S/C11H21N3O3S/c1-18(16,17)13-9-4-7-14(8-5-9)11(15)10-3-2-6-12-10/h9-10,12-13H,2-8H2,1H3/t10-/m0/s1. The van der Waals surface area contributed by atoms with Crippen molar-refractivity contribution in [2.24, 2.45) is 0 Å². The van der Waals surface area contributed by atoms with Crippen LogP contribution in [0.3, 0.4) is 0 Å². The maximum atomic E-state index is 12.1. The molecule has 0 radical (unpaired) electrons. The van der Waals surface area contributed by atoms with Gasteiger partial charge in [0, 0.05) is 19.1 Å². The van der Waals surface area contributed by atoms with E-state index in [1.165, 1.54) is 6.26 Å². The van der Waals surface area contributed by atoms with Gasteiger partial charge in [-0.05, 0) is 32.2 Å². The van der Waals surface area contributed by atoms with Gasteiger partial charge < -0.3 is 10.2 Å². The summed E-state index contributed by atoms with van der Waals surface area (Å²) in [6.07, 6.45) is 4.55. The molecule has 0 aromatic carbocycles. The quantitative estimate of drug-likeness (QED) is 0.712. The molecule has 0 aromatic rings. The summed E-state index contributed by atoms with van der Waals surface area (Å²) in [7, 11) is -3.14. The maximum absolute atomic E-state index is 12.1. The highest BCUT2D eigenvalue weighted by Gasteiger charge is 2.30. The molecule has 6 nitrogen and oxygen atoms in total. The fraction of sp³-hybridized carbons (Fsp3) is 0.909. The van der Waals surface area contributed by atoms with Gasteiger partial charge in [0.1, 0.15) is 0 Å². The van der Waals surface area contributed by atoms with Gasteiger partial charge in [-0.15, -0.1) is 0 Å². The lowest BCUT2D eigenvalue weighted by atomic mass is 10.0. The van der Waals surface area contributed by atoms with Crippen LogP contribution in [0.4, 0.5) is 0 Å². The van der Waals surface area contributed by atoms with E-state index in [1.54, 1.807) is 0 Å².